The van der Waals surface area contributed by atoms with Crippen LogP contribution in [-0.4, -0.2) is 29.1 Å². The molecule has 0 saturated carbocycles. The number of nitrogens with one attached hydrogen (secondary N) is 1. The molecule has 0 unspecified atom stereocenters. The van der Waals surface area contributed by atoms with Gasteiger partial charge in [0.15, 0.2) is 0 Å². The molecular formula is C13H15NO2S. The van der Waals surface area contributed by atoms with Crippen molar-refractivity contribution in [2.75, 3.05) is 23.4 Å². The molecule has 17 heavy (non-hydrogen) atoms. The van der Waals surface area contributed by atoms with Crippen LogP contribution in [-0.2, 0) is 0 Å². The second kappa shape index (κ2) is 6.87. The van der Waals surface area contributed by atoms with Gasteiger partial charge >= 0.3 is 5.97 Å². The summed E-state index contributed by atoms with van der Waals surface area (Å²) >= 11 is 1.65. The number of rotatable bonds is 6. The van der Waals surface area contributed by atoms with Crippen LogP contribution in [0.3, 0.4) is 0 Å². The molecule has 1 aromatic rings. The van der Waals surface area contributed by atoms with Crippen molar-refractivity contribution < 1.29 is 9.90 Å². The molecule has 4 heteroatoms. The van der Waals surface area contributed by atoms with Gasteiger partial charge in [0.1, 0.15) is 0 Å². The SMILES string of the molecule is C#CCSCCNc1c(C)cccc1C(=O)O. The van der Waals surface area contributed by atoms with Gasteiger partial charge in [0.05, 0.1) is 17.0 Å². The van der Waals surface area contributed by atoms with Gasteiger partial charge in [-0.2, -0.15) is 0 Å². The summed E-state index contributed by atoms with van der Waals surface area (Å²) in [6, 6.07) is 5.24. The Hall–Kier alpha value is -1.60. The lowest BCUT2D eigenvalue weighted by Gasteiger charge is -2.11. The van der Waals surface area contributed by atoms with E-state index in [0.29, 0.717) is 23.5 Å². The molecule has 0 heterocycles. The molecule has 0 aliphatic rings. The van der Waals surface area contributed by atoms with E-state index in [2.05, 4.69) is 11.2 Å². The number of hydrogen-bond donors (Lipinski definition) is 2. The first-order chi connectivity index (χ1) is 8.16. The van der Waals surface area contributed by atoms with Crippen LogP contribution in [0.25, 0.3) is 0 Å². The van der Waals surface area contributed by atoms with Crippen LogP contribution in [0, 0.1) is 19.3 Å². The van der Waals surface area contributed by atoms with Crippen LogP contribution >= 0.6 is 11.8 Å². The summed E-state index contributed by atoms with van der Waals surface area (Å²) in [5, 5.41) is 12.2. The van der Waals surface area contributed by atoms with Crippen molar-refractivity contribution in [3.8, 4) is 12.3 Å². The van der Waals surface area contributed by atoms with E-state index in [9.17, 15) is 4.79 Å². The number of anilines is 1. The highest BCUT2D eigenvalue weighted by molar-refractivity contribution is 7.99. The molecule has 0 atom stereocenters. The third-order valence-electron chi connectivity index (χ3n) is 2.24. The van der Waals surface area contributed by atoms with E-state index >= 15 is 0 Å². The van der Waals surface area contributed by atoms with E-state index in [4.69, 9.17) is 11.5 Å². The number of carbonyl (C=O) groups is 1. The lowest BCUT2D eigenvalue weighted by atomic mass is 10.1. The zero-order valence-electron chi connectivity index (χ0n) is 9.69. The van der Waals surface area contributed by atoms with Crippen LogP contribution < -0.4 is 5.32 Å². The second-order valence-corrected chi connectivity index (χ2v) is 4.59. The van der Waals surface area contributed by atoms with Crippen LogP contribution in [0.1, 0.15) is 15.9 Å². The molecule has 1 rings (SSSR count). The van der Waals surface area contributed by atoms with Gasteiger partial charge in [-0.25, -0.2) is 4.79 Å². The maximum absolute atomic E-state index is 11.0. The van der Waals surface area contributed by atoms with Crippen LogP contribution in [0.15, 0.2) is 18.2 Å². The molecule has 0 radical (unpaired) electrons. The third-order valence-corrected chi connectivity index (χ3v) is 3.10. The van der Waals surface area contributed by atoms with Crippen LogP contribution in [0.2, 0.25) is 0 Å². The smallest absolute Gasteiger partial charge is 0.337 e. The Kier molecular flexibility index (Phi) is 5.44. The van der Waals surface area contributed by atoms with Crippen molar-refractivity contribution in [3.63, 3.8) is 0 Å². The minimum absolute atomic E-state index is 0.312. The van der Waals surface area contributed by atoms with E-state index in [1.54, 1.807) is 23.9 Å². The fourth-order valence-electron chi connectivity index (χ4n) is 1.46. The molecule has 0 aliphatic heterocycles. The predicted molar refractivity (Wildman–Crippen MR) is 72.8 cm³/mol. The number of aryl methyl sites for hydroxylation is 1. The minimum Gasteiger partial charge on any atom is -0.478 e. The molecule has 0 aliphatic carbocycles. The summed E-state index contributed by atoms with van der Waals surface area (Å²) in [7, 11) is 0. The first-order valence-electron chi connectivity index (χ1n) is 5.24. The zero-order chi connectivity index (χ0) is 12.7. The molecule has 0 spiro atoms. The van der Waals surface area contributed by atoms with Gasteiger partial charge in [0.2, 0.25) is 0 Å². The molecule has 0 bridgehead atoms. The van der Waals surface area contributed by atoms with Crippen molar-refractivity contribution in [1.82, 2.24) is 0 Å². The lowest BCUT2D eigenvalue weighted by molar-refractivity contribution is 0.0698. The highest BCUT2D eigenvalue weighted by Gasteiger charge is 2.10. The van der Waals surface area contributed by atoms with E-state index < -0.39 is 5.97 Å². The van der Waals surface area contributed by atoms with Gasteiger partial charge in [-0.3, -0.25) is 0 Å². The Balaban J connectivity index is 2.63. The van der Waals surface area contributed by atoms with Crippen LogP contribution in [0.5, 0.6) is 0 Å². The normalized spacial score (nSPS) is 9.65. The van der Waals surface area contributed by atoms with Gasteiger partial charge < -0.3 is 10.4 Å². The maximum Gasteiger partial charge on any atom is 0.337 e. The number of benzene rings is 1. The molecule has 0 amide bonds. The first kappa shape index (κ1) is 13.5. The van der Waals surface area contributed by atoms with Gasteiger partial charge in [-0.1, -0.05) is 18.1 Å². The Morgan fingerprint density at radius 2 is 2.35 bits per heavy atom. The fraction of sp³-hybridized carbons (Fsp3) is 0.308. The summed E-state index contributed by atoms with van der Waals surface area (Å²) in [6.07, 6.45) is 5.14. The standard InChI is InChI=1S/C13H15NO2S/c1-3-8-17-9-7-14-12-10(2)5-4-6-11(12)13(15)16/h1,4-6,14H,7-9H2,2H3,(H,15,16). The molecule has 1 aromatic carbocycles. The second-order valence-electron chi connectivity index (χ2n) is 3.49. The third kappa shape index (κ3) is 4.04. The van der Waals surface area contributed by atoms with Crippen molar-refractivity contribution in [3.05, 3.63) is 29.3 Å². The van der Waals surface area contributed by atoms with Crippen molar-refractivity contribution in [1.29, 1.82) is 0 Å². The topological polar surface area (TPSA) is 49.3 Å². The number of thioether (sulfide) groups is 1. The van der Waals surface area contributed by atoms with Gasteiger partial charge in [0.25, 0.3) is 0 Å². The Morgan fingerprint density at radius 3 is 3.00 bits per heavy atom. The number of terminal acetylenes is 1. The molecular weight excluding hydrogens is 234 g/mol. The Labute approximate surface area is 106 Å². The van der Waals surface area contributed by atoms with Crippen LogP contribution in [0.4, 0.5) is 5.69 Å². The largest absolute Gasteiger partial charge is 0.478 e. The first-order valence-corrected chi connectivity index (χ1v) is 6.40. The highest BCUT2D eigenvalue weighted by atomic mass is 32.2. The lowest BCUT2D eigenvalue weighted by Crippen LogP contribution is -2.10. The predicted octanol–water partition coefficient (Wildman–Crippen LogP) is 2.47. The van der Waals surface area contributed by atoms with Crippen molar-refractivity contribution in [2.45, 2.75) is 6.92 Å². The van der Waals surface area contributed by atoms with E-state index in [1.807, 2.05) is 13.0 Å². The quantitative estimate of drug-likeness (QED) is 0.600. The minimum atomic E-state index is -0.910. The molecule has 90 valence electrons. The van der Waals surface area contributed by atoms with E-state index in [0.717, 1.165) is 11.3 Å². The van der Waals surface area contributed by atoms with Crippen molar-refractivity contribution in [2.24, 2.45) is 0 Å². The number of carboxylic acid groups (broad SMARTS) is 1. The maximum atomic E-state index is 11.0. The number of para-hydroxylation sites is 1. The van der Waals surface area contributed by atoms with Gasteiger partial charge in [-0.15, -0.1) is 18.2 Å². The monoisotopic (exact) mass is 249 g/mol. The average Bonchev–Trinajstić information content (AvgIpc) is 2.30. The highest BCUT2D eigenvalue weighted by Crippen LogP contribution is 2.20. The fourth-order valence-corrected chi connectivity index (χ4v) is 1.97. The summed E-state index contributed by atoms with van der Waals surface area (Å²) in [5.74, 6) is 3.18. The molecule has 3 nitrogen and oxygen atoms in total. The van der Waals surface area contributed by atoms with E-state index in [-0.39, 0.29) is 0 Å². The molecule has 2 N–H and O–H groups in total. The van der Waals surface area contributed by atoms with Gasteiger partial charge in [-0.05, 0) is 18.6 Å². The summed E-state index contributed by atoms with van der Waals surface area (Å²) in [5.41, 5.74) is 1.94. The average molecular weight is 249 g/mol. The zero-order valence-corrected chi connectivity index (χ0v) is 10.5. The molecule has 0 aromatic heterocycles. The summed E-state index contributed by atoms with van der Waals surface area (Å²) in [4.78, 5) is 11.0. The number of hydrogen-bond acceptors (Lipinski definition) is 3. The Morgan fingerprint density at radius 1 is 1.59 bits per heavy atom. The van der Waals surface area contributed by atoms with Crippen molar-refractivity contribution >= 4 is 23.4 Å². The summed E-state index contributed by atoms with van der Waals surface area (Å²) in [6.45, 7) is 2.60. The molecule has 0 fully saturated rings. The number of aromatic carboxylic acids is 1. The van der Waals surface area contributed by atoms with E-state index in [1.165, 1.54) is 0 Å². The molecule has 0 saturated heterocycles. The number of carboxylic acids is 1. The Bertz CT molecular complexity index is 438. The summed E-state index contributed by atoms with van der Waals surface area (Å²) < 4.78 is 0. The van der Waals surface area contributed by atoms with Gasteiger partial charge in [0, 0.05) is 12.3 Å².